The van der Waals surface area contributed by atoms with Crippen LogP contribution in [0.2, 0.25) is 0 Å². The number of hydrogen-bond donors (Lipinski definition) is 1. The second-order valence-corrected chi connectivity index (χ2v) is 4.25. The summed E-state index contributed by atoms with van der Waals surface area (Å²) in [6.45, 7) is 1.97. The van der Waals surface area contributed by atoms with Crippen LogP contribution in [-0.4, -0.2) is 16.8 Å². The van der Waals surface area contributed by atoms with Crippen LogP contribution in [0.1, 0.15) is 17.0 Å². The second-order valence-electron chi connectivity index (χ2n) is 3.19. The topological polar surface area (TPSA) is 37.3 Å². The smallest absolute Gasteiger partial charge is 0.311 e. The number of fused-ring (bicyclic) bond motifs is 1. The molecule has 0 spiro atoms. The molecule has 0 aliphatic carbocycles. The minimum absolute atomic E-state index is 0.304. The molecule has 0 saturated heterocycles. The first kappa shape index (κ1) is 8.63. The van der Waals surface area contributed by atoms with Crippen molar-refractivity contribution >= 4 is 17.7 Å². The van der Waals surface area contributed by atoms with Crippen molar-refractivity contribution in [3.8, 4) is 0 Å². The second kappa shape index (κ2) is 3.07. The van der Waals surface area contributed by atoms with Crippen molar-refractivity contribution in [3.63, 3.8) is 0 Å². The summed E-state index contributed by atoms with van der Waals surface area (Å²) in [4.78, 5) is 12.0. The normalized spacial score (nSPS) is 19.9. The van der Waals surface area contributed by atoms with Gasteiger partial charge < -0.3 is 5.11 Å². The number of hydrogen-bond acceptors (Lipinski definition) is 2. The predicted octanol–water partition coefficient (Wildman–Crippen LogP) is 2.27. The summed E-state index contributed by atoms with van der Waals surface area (Å²) in [7, 11) is 0. The van der Waals surface area contributed by atoms with E-state index in [0.29, 0.717) is 5.75 Å². The van der Waals surface area contributed by atoms with Gasteiger partial charge in [-0.1, -0.05) is 12.1 Å². The van der Waals surface area contributed by atoms with E-state index in [4.69, 9.17) is 5.11 Å². The van der Waals surface area contributed by atoms with Gasteiger partial charge in [-0.25, -0.2) is 0 Å². The molecule has 0 radical (unpaired) electrons. The van der Waals surface area contributed by atoms with Gasteiger partial charge in [0.15, 0.2) is 0 Å². The number of aryl methyl sites for hydroxylation is 1. The van der Waals surface area contributed by atoms with E-state index in [2.05, 4.69) is 0 Å². The molecule has 1 aliphatic rings. The first-order chi connectivity index (χ1) is 6.20. The van der Waals surface area contributed by atoms with Gasteiger partial charge in [-0.15, -0.1) is 11.8 Å². The minimum atomic E-state index is -0.708. The van der Waals surface area contributed by atoms with Gasteiger partial charge in [0.1, 0.15) is 0 Å². The fourth-order valence-electron chi connectivity index (χ4n) is 1.68. The van der Waals surface area contributed by atoms with Crippen LogP contribution in [-0.2, 0) is 4.79 Å². The third-order valence-corrected chi connectivity index (χ3v) is 3.50. The zero-order chi connectivity index (χ0) is 9.42. The van der Waals surface area contributed by atoms with Crippen molar-refractivity contribution < 1.29 is 9.90 Å². The van der Waals surface area contributed by atoms with Gasteiger partial charge >= 0.3 is 5.97 Å². The number of aliphatic carboxylic acids is 1. The van der Waals surface area contributed by atoms with Gasteiger partial charge in [0.25, 0.3) is 0 Å². The number of benzene rings is 1. The summed E-state index contributed by atoms with van der Waals surface area (Å²) in [6.07, 6.45) is 0. The van der Waals surface area contributed by atoms with E-state index in [1.54, 1.807) is 11.8 Å². The lowest BCUT2D eigenvalue weighted by molar-refractivity contribution is -0.138. The first-order valence-corrected chi connectivity index (χ1v) is 5.14. The summed E-state index contributed by atoms with van der Waals surface area (Å²) in [6, 6.07) is 5.95. The van der Waals surface area contributed by atoms with Gasteiger partial charge in [0, 0.05) is 10.6 Å². The maximum atomic E-state index is 10.9. The van der Waals surface area contributed by atoms with Crippen molar-refractivity contribution in [3.05, 3.63) is 29.3 Å². The highest BCUT2D eigenvalue weighted by molar-refractivity contribution is 7.99. The highest BCUT2D eigenvalue weighted by Gasteiger charge is 2.29. The van der Waals surface area contributed by atoms with Gasteiger partial charge in [-0.05, 0) is 24.1 Å². The Hall–Kier alpha value is -0.960. The molecule has 1 aliphatic heterocycles. The zero-order valence-electron chi connectivity index (χ0n) is 7.28. The SMILES string of the molecule is Cc1cccc2c1C(C(=O)O)CS2. The molecule has 2 nitrogen and oxygen atoms in total. The third-order valence-electron chi connectivity index (χ3n) is 2.34. The van der Waals surface area contributed by atoms with Crippen molar-refractivity contribution in [2.24, 2.45) is 0 Å². The molecule has 0 aromatic heterocycles. The van der Waals surface area contributed by atoms with E-state index >= 15 is 0 Å². The fourth-order valence-corrected chi connectivity index (χ4v) is 2.97. The van der Waals surface area contributed by atoms with Crippen LogP contribution in [0.3, 0.4) is 0 Å². The van der Waals surface area contributed by atoms with Crippen LogP contribution >= 0.6 is 11.8 Å². The third kappa shape index (κ3) is 1.33. The van der Waals surface area contributed by atoms with Crippen LogP contribution in [0.5, 0.6) is 0 Å². The summed E-state index contributed by atoms with van der Waals surface area (Å²) in [5.41, 5.74) is 2.11. The maximum absolute atomic E-state index is 10.9. The Balaban J connectivity index is 2.52. The van der Waals surface area contributed by atoms with E-state index in [0.717, 1.165) is 16.0 Å². The lowest BCUT2D eigenvalue weighted by Gasteiger charge is -2.07. The molecule has 3 heteroatoms. The van der Waals surface area contributed by atoms with E-state index in [9.17, 15) is 4.79 Å². The molecule has 1 unspecified atom stereocenters. The van der Waals surface area contributed by atoms with Gasteiger partial charge in [0.05, 0.1) is 5.92 Å². The van der Waals surface area contributed by atoms with Crippen LogP contribution in [0.15, 0.2) is 23.1 Å². The lowest BCUT2D eigenvalue weighted by atomic mass is 9.97. The molecule has 0 fully saturated rings. The first-order valence-electron chi connectivity index (χ1n) is 4.15. The quantitative estimate of drug-likeness (QED) is 0.745. The van der Waals surface area contributed by atoms with Crippen LogP contribution in [0, 0.1) is 6.92 Å². The molecule has 0 amide bonds. The standard InChI is InChI=1S/C10H10O2S/c1-6-3-2-4-8-9(6)7(5-13-8)10(11)12/h2-4,7H,5H2,1H3,(H,11,12). The molecule has 1 aromatic rings. The summed E-state index contributed by atoms with van der Waals surface area (Å²) in [5.74, 6) is -0.336. The highest BCUT2D eigenvalue weighted by Crippen LogP contribution is 2.41. The van der Waals surface area contributed by atoms with E-state index in [1.165, 1.54) is 0 Å². The molecule has 1 N–H and O–H groups in total. The summed E-state index contributed by atoms with van der Waals surface area (Å²) in [5, 5.41) is 8.97. The van der Waals surface area contributed by atoms with Crippen molar-refractivity contribution in [2.45, 2.75) is 17.7 Å². The van der Waals surface area contributed by atoms with Gasteiger partial charge in [-0.3, -0.25) is 4.79 Å². The minimum Gasteiger partial charge on any atom is -0.481 e. The lowest BCUT2D eigenvalue weighted by Crippen LogP contribution is -2.11. The van der Waals surface area contributed by atoms with Crippen LogP contribution in [0.25, 0.3) is 0 Å². The van der Waals surface area contributed by atoms with Crippen LogP contribution in [0.4, 0.5) is 0 Å². The van der Waals surface area contributed by atoms with E-state index in [1.807, 2.05) is 25.1 Å². The molecule has 1 aromatic carbocycles. The molecule has 0 saturated carbocycles. The predicted molar refractivity (Wildman–Crippen MR) is 52.3 cm³/mol. The number of carbonyl (C=O) groups is 1. The summed E-state index contributed by atoms with van der Waals surface area (Å²) < 4.78 is 0. The molecular formula is C10H10O2S. The highest BCUT2D eigenvalue weighted by atomic mass is 32.2. The Morgan fingerprint density at radius 2 is 2.38 bits per heavy atom. The Kier molecular flexibility index (Phi) is 2.04. The number of rotatable bonds is 1. The zero-order valence-corrected chi connectivity index (χ0v) is 8.10. The molecule has 0 bridgehead atoms. The average molecular weight is 194 g/mol. The average Bonchev–Trinajstić information content (AvgIpc) is 2.49. The molecule has 68 valence electrons. The molecule has 1 heterocycles. The molecule has 13 heavy (non-hydrogen) atoms. The van der Waals surface area contributed by atoms with Gasteiger partial charge in [-0.2, -0.15) is 0 Å². The van der Waals surface area contributed by atoms with Crippen molar-refractivity contribution in [1.29, 1.82) is 0 Å². The molecular weight excluding hydrogens is 184 g/mol. The van der Waals surface area contributed by atoms with Crippen LogP contribution < -0.4 is 0 Å². The Morgan fingerprint density at radius 1 is 1.62 bits per heavy atom. The molecule has 1 atom stereocenters. The van der Waals surface area contributed by atoms with Gasteiger partial charge in [0.2, 0.25) is 0 Å². The van der Waals surface area contributed by atoms with E-state index in [-0.39, 0.29) is 5.92 Å². The Bertz CT molecular complexity index is 360. The molecule has 2 rings (SSSR count). The fraction of sp³-hybridized carbons (Fsp3) is 0.300. The number of thioether (sulfide) groups is 1. The monoisotopic (exact) mass is 194 g/mol. The summed E-state index contributed by atoms with van der Waals surface area (Å²) >= 11 is 1.64. The van der Waals surface area contributed by atoms with Crippen molar-refractivity contribution in [1.82, 2.24) is 0 Å². The number of carboxylic acid groups (broad SMARTS) is 1. The van der Waals surface area contributed by atoms with Crippen molar-refractivity contribution in [2.75, 3.05) is 5.75 Å². The number of carboxylic acids is 1. The maximum Gasteiger partial charge on any atom is 0.311 e. The van der Waals surface area contributed by atoms with E-state index < -0.39 is 5.97 Å². The Morgan fingerprint density at radius 3 is 3.08 bits per heavy atom. The Labute approximate surface area is 81.0 Å². The largest absolute Gasteiger partial charge is 0.481 e.